The van der Waals surface area contributed by atoms with Crippen LogP contribution in [0.25, 0.3) is 0 Å². The number of hydrogen-bond donors (Lipinski definition) is 2. The first kappa shape index (κ1) is 14.9. The van der Waals surface area contributed by atoms with E-state index in [1.807, 2.05) is 4.90 Å². The summed E-state index contributed by atoms with van der Waals surface area (Å²) in [4.78, 5) is 13.8. The van der Waals surface area contributed by atoms with Gasteiger partial charge in [0, 0.05) is 13.1 Å². The Hall–Kier alpha value is -1.46. The third kappa shape index (κ3) is 4.28. The molecule has 0 bridgehead atoms. The standard InChI is InChI=1S/C15H21FN2O2/c1-11-7-12(4-5-14(11)16)8-17-15(20)10-18-6-2-3-13(19)9-18/h4-5,7,13,19H,2-3,6,8-10H2,1H3,(H,17,20). The van der Waals surface area contributed by atoms with Gasteiger partial charge >= 0.3 is 0 Å². The van der Waals surface area contributed by atoms with Gasteiger partial charge in [0.25, 0.3) is 0 Å². The molecule has 1 amide bonds. The Labute approximate surface area is 118 Å². The maximum absolute atomic E-state index is 13.1. The van der Waals surface area contributed by atoms with Gasteiger partial charge in [-0.25, -0.2) is 4.39 Å². The predicted octanol–water partition coefficient (Wildman–Crippen LogP) is 1.21. The van der Waals surface area contributed by atoms with Crippen LogP contribution in [0.1, 0.15) is 24.0 Å². The van der Waals surface area contributed by atoms with Crippen molar-refractivity contribution in [2.45, 2.75) is 32.4 Å². The van der Waals surface area contributed by atoms with E-state index >= 15 is 0 Å². The molecule has 1 saturated heterocycles. The highest BCUT2D eigenvalue weighted by Gasteiger charge is 2.19. The van der Waals surface area contributed by atoms with Crippen molar-refractivity contribution in [3.8, 4) is 0 Å². The molecule has 5 heteroatoms. The van der Waals surface area contributed by atoms with Crippen molar-refractivity contribution in [1.29, 1.82) is 0 Å². The molecule has 110 valence electrons. The first-order chi connectivity index (χ1) is 9.54. The first-order valence-electron chi connectivity index (χ1n) is 6.97. The zero-order valence-corrected chi connectivity index (χ0v) is 11.7. The fourth-order valence-electron chi connectivity index (χ4n) is 2.45. The van der Waals surface area contributed by atoms with Gasteiger partial charge in [0.05, 0.1) is 12.6 Å². The molecule has 2 N–H and O–H groups in total. The highest BCUT2D eigenvalue weighted by Crippen LogP contribution is 2.10. The monoisotopic (exact) mass is 280 g/mol. The van der Waals surface area contributed by atoms with Crippen LogP contribution in [0.2, 0.25) is 0 Å². The number of β-amino-alcohol motifs (C(OH)–C–C–N with tert-alkyl or cyclic N) is 1. The van der Waals surface area contributed by atoms with Crippen molar-refractivity contribution in [2.24, 2.45) is 0 Å². The Bertz CT molecular complexity index is 479. The highest BCUT2D eigenvalue weighted by atomic mass is 19.1. The van der Waals surface area contributed by atoms with Crippen molar-refractivity contribution < 1.29 is 14.3 Å². The van der Waals surface area contributed by atoms with Crippen molar-refractivity contribution in [1.82, 2.24) is 10.2 Å². The maximum Gasteiger partial charge on any atom is 0.234 e. The summed E-state index contributed by atoms with van der Waals surface area (Å²) in [5, 5.41) is 12.4. The van der Waals surface area contributed by atoms with Gasteiger partial charge in [0.15, 0.2) is 0 Å². The molecule has 2 rings (SSSR count). The molecular weight excluding hydrogens is 259 g/mol. The molecule has 1 heterocycles. The lowest BCUT2D eigenvalue weighted by molar-refractivity contribution is -0.123. The van der Waals surface area contributed by atoms with Gasteiger partial charge in [-0.2, -0.15) is 0 Å². The lowest BCUT2D eigenvalue weighted by atomic mass is 10.1. The third-order valence-electron chi connectivity index (χ3n) is 3.56. The zero-order chi connectivity index (χ0) is 14.5. The number of aliphatic hydroxyl groups is 1. The average Bonchev–Trinajstić information content (AvgIpc) is 2.40. The molecule has 1 fully saturated rings. The molecule has 0 saturated carbocycles. The molecule has 1 aliphatic rings. The largest absolute Gasteiger partial charge is 0.392 e. The minimum Gasteiger partial charge on any atom is -0.392 e. The summed E-state index contributed by atoms with van der Waals surface area (Å²) in [6, 6.07) is 4.82. The van der Waals surface area contributed by atoms with E-state index in [9.17, 15) is 14.3 Å². The van der Waals surface area contributed by atoms with Gasteiger partial charge in [-0.15, -0.1) is 0 Å². The molecule has 0 radical (unpaired) electrons. The fourth-order valence-corrected chi connectivity index (χ4v) is 2.45. The van der Waals surface area contributed by atoms with Gasteiger partial charge in [0.1, 0.15) is 5.82 Å². The Kier molecular flexibility index (Phi) is 5.09. The summed E-state index contributed by atoms with van der Waals surface area (Å²) in [5.41, 5.74) is 1.46. The molecule has 0 aliphatic carbocycles. The van der Waals surface area contributed by atoms with E-state index in [-0.39, 0.29) is 17.8 Å². The van der Waals surface area contributed by atoms with Crippen LogP contribution in [-0.2, 0) is 11.3 Å². The highest BCUT2D eigenvalue weighted by molar-refractivity contribution is 5.78. The SMILES string of the molecule is Cc1cc(CNC(=O)CN2CCCC(O)C2)ccc1F. The summed E-state index contributed by atoms with van der Waals surface area (Å²) in [6.07, 6.45) is 1.41. The second-order valence-electron chi connectivity index (χ2n) is 5.39. The zero-order valence-electron chi connectivity index (χ0n) is 11.7. The van der Waals surface area contributed by atoms with Crippen LogP contribution in [0, 0.1) is 12.7 Å². The number of aryl methyl sites for hydroxylation is 1. The third-order valence-corrected chi connectivity index (χ3v) is 3.56. The summed E-state index contributed by atoms with van der Waals surface area (Å²) < 4.78 is 13.1. The van der Waals surface area contributed by atoms with E-state index in [0.29, 0.717) is 25.2 Å². The molecule has 20 heavy (non-hydrogen) atoms. The van der Waals surface area contributed by atoms with Crippen LogP contribution in [0.15, 0.2) is 18.2 Å². The number of aliphatic hydroxyl groups excluding tert-OH is 1. The van der Waals surface area contributed by atoms with Crippen molar-refractivity contribution >= 4 is 5.91 Å². The molecule has 1 aromatic rings. The first-order valence-corrected chi connectivity index (χ1v) is 6.97. The number of benzene rings is 1. The molecule has 1 aliphatic heterocycles. The van der Waals surface area contributed by atoms with Crippen LogP contribution in [0.3, 0.4) is 0 Å². The number of nitrogens with one attached hydrogen (secondary N) is 1. The summed E-state index contributed by atoms with van der Waals surface area (Å²) >= 11 is 0. The van der Waals surface area contributed by atoms with Crippen LogP contribution in [0.4, 0.5) is 4.39 Å². The second-order valence-corrected chi connectivity index (χ2v) is 5.39. The van der Waals surface area contributed by atoms with E-state index in [1.165, 1.54) is 6.07 Å². The number of rotatable bonds is 4. The topological polar surface area (TPSA) is 52.6 Å². The predicted molar refractivity (Wildman–Crippen MR) is 74.7 cm³/mol. The van der Waals surface area contributed by atoms with Crippen molar-refractivity contribution in [3.63, 3.8) is 0 Å². The van der Waals surface area contributed by atoms with Gasteiger partial charge in [-0.3, -0.25) is 9.69 Å². The van der Waals surface area contributed by atoms with E-state index < -0.39 is 0 Å². The lowest BCUT2D eigenvalue weighted by Gasteiger charge is -2.29. The number of nitrogens with zero attached hydrogens (tertiary/aromatic N) is 1. The van der Waals surface area contributed by atoms with Gasteiger partial charge in [-0.1, -0.05) is 12.1 Å². The van der Waals surface area contributed by atoms with Crippen molar-refractivity contribution in [3.05, 3.63) is 35.1 Å². The maximum atomic E-state index is 13.1. The Morgan fingerprint density at radius 1 is 1.55 bits per heavy atom. The number of piperidine rings is 1. The number of hydrogen-bond acceptors (Lipinski definition) is 3. The number of halogens is 1. The normalized spacial score (nSPS) is 19.9. The molecule has 4 nitrogen and oxygen atoms in total. The van der Waals surface area contributed by atoms with Crippen LogP contribution in [0.5, 0.6) is 0 Å². The fraction of sp³-hybridized carbons (Fsp3) is 0.533. The van der Waals surface area contributed by atoms with Crippen LogP contribution < -0.4 is 5.32 Å². The Balaban J connectivity index is 1.78. The Morgan fingerprint density at radius 3 is 3.05 bits per heavy atom. The summed E-state index contributed by atoms with van der Waals surface area (Å²) in [6.45, 7) is 3.81. The summed E-state index contributed by atoms with van der Waals surface area (Å²) in [5.74, 6) is -0.302. The second kappa shape index (κ2) is 6.81. The summed E-state index contributed by atoms with van der Waals surface area (Å²) in [7, 11) is 0. The molecule has 1 aromatic carbocycles. The number of likely N-dealkylation sites (tertiary alicyclic amines) is 1. The minimum absolute atomic E-state index is 0.0684. The molecular formula is C15H21FN2O2. The Morgan fingerprint density at radius 2 is 2.35 bits per heavy atom. The molecule has 1 unspecified atom stereocenters. The van der Waals surface area contributed by atoms with E-state index in [0.717, 1.165) is 24.9 Å². The van der Waals surface area contributed by atoms with E-state index in [1.54, 1.807) is 19.1 Å². The number of carbonyl (C=O) groups is 1. The molecule has 1 atom stereocenters. The smallest absolute Gasteiger partial charge is 0.234 e. The van der Waals surface area contributed by atoms with Crippen LogP contribution in [-0.4, -0.2) is 41.7 Å². The average molecular weight is 280 g/mol. The lowest BCUT2D eigenvalue weighted by Crippen LogP contribution is -2.44. The quantitative estimate of drug-likeness (QED) is 0.871. The van der Waals surface area contributed by atoms with Gasteiger partial charge in [-0.05, 0) is 43.5 Å². The van der Waals surface area contributed by atoms with Gasteiger partial charge in [0.2, 0.25) is 5.91 Å². The van der Waals surface area contributed by atoms with Gasteiger partial charge < -0.3 is 10.4 Å². The van der Waals surface area contributed by atoms with E-state index in [4.69, 9.17) is 0 Å². The van der Waals surface area contributed by atoms with Crippen molar-refractivity contribution in [2.75, 3.05) is 19.6 Å². The number of amides is 1. The minimum atomic E-state index is -0.323. The molecule has 0 aromatic heterocycles. The molecule has 0 spiro atoms. The van der Waals surface area contributed by atoms with Crippen LogP contribution >= 0.6 is 0 Å². The van der Waals surface area contributed by atoms with E-state index in [2.05, 4.69) is 5.32 Å². The number of carbonyl (C=O) groups excluding carboxylic acids is 1.